The Balaban J connectivity index is 2.86. The maximum Gasteiger partial charge on any atom is 0.161 e. The van der Waals surface area contributed by atoms with Gasteiger partial charge >= 0.3 is 0 Å². The van der Waals surface area contributed by atoms with Crippen molar-refractivity contribution in [3.8, 4) is 0 Å². The van der Waals surface area contributed by atoms with E-state index in [-0.39, 0.29) is 22.2 Å². The highest BCUT2D eigenvalue weighted by Gasteiger charge is 2.13. The van der Waals surface area contributed by atoms with E-state index in [2.05, 4.69) is 0 Å². The van der Waals surface area contributed by atoms with E-state index in [0.29, 0.717) is 5.56 Å². The molecule has 0 aromatic heterocycles. The molecule has 0 spiro atoms. The third kappa shape index (κ3) is 4.47. The summed E-state index contributed by atoms with van der Waals surface area (Å²) in [7, 11) is -3.07. The molecule has 0 aliphatic heterocycles. The summed E-state index contributed by atoms with van der Waals surface area (Å²) in [5.41, 5.74) is 0.295. The van der Waals surface area contributed by atoms with Gasteiger partial charge < -0.3 is 0 Å². The Hall–Kier alpha value is -0.880. The number of ketones is 1. The number of hydrogen-bond acceptors (Lipinski definition) is 4. The number of halogens is 1. The smallest absolute Gasteiger partial charge is 0.161 e. The summed E-state index contributed by atoms with van der Waals surface area (Å²) in [6, 6.07) is 4.26. The Morgan fingerprint density at radius 3 is 2.59 bits per heavy atom. The highest BCUT2D eigenvalue weighted by molar-refractivity contribution is 8.00. The third-order valence-electron chi connectivity index (χ3n) is 2.05. The second kappa shape index (κ2) is 5.64. The van der Waals surface area contributed by atoms with E-state index in [4.69, 9.17) is 0 Å². The van der Waals surface area contributed by atoms with Gasteiger partial charge in [-0.05, 0) is 13.0 Å². The summed E-state index contributed by atoms with van der Waals surface area (Å²) in [6.07, 6.45) is 1.13. The van der Waals surface area contributed by atoms with Gasteiger partial charge in [-0.3, -0.25) is 4.79 Å². The second-order valence-electron chi connectivity index (χ2n) is 3.65. The van der Waals surface area contributed by atoms with Crippen molar-refractivity contribution in [1.82, 2.24) is 0 Å². The van der Waals surface area contributed by atoms with E-state index in [0.717, 1.165) is 18.0 Å². The second-order valence-corrected chi connectivity index (χ2v) is 7.02. The van der Waals surface area contributed by atoms with Crippen LogP contribution in [0.1, 0.15) is 17.3 Å². The van der Waals surface area contributed by atoms with E-state index in [1.807, 2.05) is 0 Å². The molecule has 6 heteroatoms. The van der Waals surface area contributed by atoms with E-state index in [1.54, 1.807) is 0 Å². The van der Waals surface area contributed by atoms with Gasteiger partial charge in [-0.25, -0.2) is 12.8 Å². The van der Waals surface area contributed by atoms with Crippen LogP contribution in [0.25, 0.3) is 0 Å². The van der Waals surface area contributed by atoms with Gasteiger partial charge in [0.1, 0.15) is 15.7 Å². The first-order valence-corrected chi connectivity index (χ1v) is 7.96. The van der Waals surface area contributed by atoms with Crippen LogP contribution in [0.3, 0.4) is 0 Å². The minimum absolute atomic E-state index is 0.0383. The van der Waals surface area contributed by atoms with Crippen molar-refractivity contribution in [1.29, 1.82) is 0 Å². The molecule has 1 aromatic carbocycles. The minimum atomic E-state index is -3.07. The molecule has 0 aliphatic rings. The van der Waals surface area contributed by atoms with Crippen molar-refractivity contribution in [2.24, 2.45) is 0 Å². The van der Waals surface area contributed by atoms with Crippen LogP contribution in [0.15, 0.2) is 23.1 Å². The zero-order chi connectivity index (χ0) is 13.1. The monoisotopic (exact) mass is 276 g/mol. The summed E-state index contributed by atoms with van der Waals surface area (Å²) in [4.78, 5) is 11.5. The largest absolute Gasteiger partial charge is 0.294 e. The molecular weight excluding hydrogens is 263 g/mol. The predicted molar refractivity (Wildman–Crippen MR) is 66.8 cm³/mol. The van der Waals surface area contributed by atoms with Gasteiger partial charge in [0.15, 0.2) is 5.78 Å². The average Bonchev–Trinajstić information content (AvgIpc) is 2.18. The van der Waals surface area contributed by atoms with Crippen molar-refractivity contribution in [3.05, 3.63) is 29.6 Å². The van der Waals surface area contributed by atoms with Crippen LogP contribution in [0, 0.1) is 5.82 Å². The first-order chi connectivity index (χ1) is 7.81. The molecule has 1 aromatic rings. The molecule has 0 amide bonds. The fraction of sp³-hybridized carbons (Fsp3) is 0.364. The van der Waals surface area contributed by atoms with E-state index < -0.39 is 15.7 Å². The number of rotatable bonds is 5. The molecule has 0 N–H and O–H groups in total. The van der Waals surface area contributed by atoms with Crippen LogP contribution in [-0.4, -0.2) is 32.0 Å². The van der Waals surface area contributed by atoms with E-state index in [9.17, 15) is 17.6 Å². The van der Waals surface area contributed by atoms with Crippen LogP contribution in [-0.2, 0) is 9.84 Å². The number of benzene rings is 1. The maximum absolute atomic E-state index is 13.5. The van der Waals surface area contributed by atoms with Crippen LogP contribution < -0.4 is 0 Å². The Labute approximate surface area is 104 Å². The van der Waals surface area contributed by atoms with Crippen molar-refractivity contribution in [2.45, 2.75) is 11.8 Å². The zero-order valence-corrected chi connectivity index (χ0v) is 11.2. The molecular formula is C11H13FO3S2. The number of carbonyl (C=O) groups excluding carboxylic acids is 1. The molecule has 0 saturated carbocycles. The van der Waals surface area contributed by atoms with Crippen LogP contribution >= 0.6 is 11.8 Å². The molecule has 0 heterocycles. The molecule has 0 saturated heterocycles. The number of carbonyl (C=O) groups is 1. The summed E-state index contributed by atoms with van der Waals surface area (Å²) in [5, 5.41) is 0. The number of thioether (sulfide) groups is 1. The Morgan fingerprint density at radius 2 is 2.06 bits per heavy atom. The zero-order valence-electron chi connectivity index (χ0n) is 9.57. The van der Waals surface area contributed by atoms with Crippen molar-refractivity contribution in [3.63, 3.8) is 0 Å². The lowest BCUT2D eigenvalue weighted by molar-refractivity contribution is 0.101. The van der Waals surface area contributed by atoms with Gasteiger partial charge in [-0.1, -0.05) is 12.1 Å². The SMILES string of the molecule is CC(=O)c1cccc(F)c1SCCS(C)(=O)=O. The predicted octanol–water partition coefficient (Wildman–Crippen LogP) is 2.17. The summed E-state index contributed by atoms with van der Waals surface area (Å²) >= 11 is 1.05. The van der Waals surface area contributed by atoms with Crippen LogP contribution in [0.4, 0.5) is 4.39 Å². The molecule has 0 atom stereocenters. The Bertz CT molecular complexity index is 524. The third-order valence-corrected chi connectivity index (χ3v) is 4.36. The molecule has 0 radical (unpaired) electrons. The van der Waals surface area contributed by atoms with Gasteiger partial charge in [-0.2, -0.15) is 0 Å². The summed E-state index contributed by atoms with van der Waals surface area (Å²) in [5.74, 6) is -0.522. The lowest BCUT2D eigenvalue weighted by Crippen LogP contribution is -2.06. The minimum Gasteiger partial charge on any atom is -0.294 e. The lowest BCUT2D eigenvalue weighted by Gasteiger charge is -2.07. The first-order valence-electron chi connectivity index (χ1n) is 4.91. The Kier molecular flexibility index (Phi) is 4.70. The molecule has 0 bridgehead atoms. The summed E-state index contributed by atoms with van der Waals surface area (Å²) < 4.78 is 35.4. The van der Waals surface area contributed by atoms with Gasteiger partial charge in [0.2, 0.25) is 0 Å². The van der Waals surface area contributed by atoms with Crippen molar-refractivity contribution < 1.29 is 17.6 Å². The van der Waals surface area contributed by atoms with E-state index >= 15 is 0 Å². The highest BCUT2D eigenvalue weighted by atomic mass is 32.2. The quantitative estimate of drug-likeness (QED) is 0.611. The van der Waals surface area contributed by atoms with Crippen molar-refractivity contribution in [2.75, 3.05) is 17.8 Å². The molecule has 0 unspecified atom stereocenters. The van der Waals surface area contributed by atoms with E-state index in [1.165, 1.54) is 25.1 Å². The number of Topliss-reactive ketones (excluding diaryl/α,β-unsaturated/α-hetero) is 1. The molecule has 3 nitrogen and oxygen atoms in total. The highest BCUT2D eigenvalue weighted by Crippen LogP contribution is 2.26. The first kappa shape index (κ1) is 14.2. The van der Waals surface area contributed by atoms with Gasteiger partial charge in [0, 0.05) is 17.6 Å². The fourth-order valence-electron chi connectivity index (χ4n) is 1.23. The maximum atomic E-state index is 13.5. The Morgan fingerprint density at radius 1 is 1.41 bits per heavy atom. The fourth-order valence-corrected chi connectivity index (χ4v) is 3.55. The average molecular weight is 276 g/mol. The summed E-state index contributed by atoms with van der Waals surface area (Å²) in [6.45, 7) is 1.36. The standard InChI is InChI=1S/C11H13FO3S2/c1-8(13)9-4-3-5-10(12)11(9)16-6-7-17(2,14)15/h3-5H,6-7H2,1-2H3. The van der Waals surface area contributed by atoms with Crippen LogP contribution in [0.2, 0.25) is 0 Å². The normalized spacial score (nSPS) is 11.5. The van der Waals surface area contributed by atoms with Crippen LogP contribution in [0.5, 0.6) is 0 Å². The number of sulfone groups is 1. The molecule has 1 rings (SSSR count). The van der Waals surface area contributed by atoms with Gasteiger partial charge in [0.05, 0.1) is 10.6 Å². The number of hydrogen-bond donors (Lipinski definition) is 0. The molecule has 0 fully saturated rings. The molecule has 17 heavy (non-hydrogen) atoms. The van der Waals surface area contributed by atoms with Crippen molar-refractivity contribution >= 4 is 27.4 Å². The van der Waals surface area contributed by atoms with Gasteiger partial charge in [0.25, 0.3) is 0 Å². The molecule has 0 aliphatic carbocycles. The lowest BCUT2D eigenvalue weighted by atomic mass is 10.1. The van der Waals surface area contributed by atoms with Gasteiger partial charge in [-0.15, -0.1) is 11.8 Å². The molecule has 94 valence electrons. The topological polar surface area (TPSA) is 51.2 Å².